The molecular formula is C33H40ClN7O3. The third kappa shape index (κ3) is 8.58. The van der Waals surface area contributed by atoms with Crippen molar-refractivity contribution < 1.29 is 14.4 Å². The number of likely N-dealkylation sites (N-methyl/N-ethyl adjacent to an activating group) is 1. The Morgan fingerprint density at radius 1 is 1.11 bits per heavy atom. The number of nitrogens with two attached hydrogens (primary N) is 2. The molecule has 44 heavy (non-hydrogen) atoms. The second-order valence-corrected chi connectivity index (χ2v) is 11.3. The monoisotopic (exact) mass is 617 g/mol. The number of halogens is 1. The van der Waals surface area contributed by atoms with Gasteiger partial charge in [0.2, 0.25) is 17.7 Å². The lowest BCUT2D eigenvalue weighted by Crippen LogP contribution is -2.57. The maximum absolute atomic E-state index is 14.2. The van der Waals surface area contributed by atoms with Crippen molar-refractivity contribution in [2.75, 3.05) is 20.1 Å². The number of benzene rings is 3. The lowest BCUT2D eigenvalue weighted by atomic mass is 9.98. The number of nitrogens with one attached hydrogen (secondary N) is 3. The Morgan fingerprint density at radius 3 is 2.52 bits per heavy atom. The molecule has 1 heterocycles. The van der Waals surface area contributed by atoms with Crippen molar-refractivity contribution in [1.82, 2.24) is 20.9 Å². The Hall–Kier alpha value is -4.41. The van der Waals surface area contributed by atoms with Crippen molar-refractivity contribution in [2.45, 2.75) is 50.4 Å². The van der Waals surface area contributed by atoms with Crippen LogP contribution >= 0.6 is 11.6 Å². The number of fused-ring (bicyclic) bond motifs is 1. The van der Waals surface area contributed by atoms with Crippen LogP contribution in [0.15, 0.2) is 77.8 Å². The Balaban J connectivity index is 1.56. The molecule has 1 unspecified atom stereocenters. The van der Waals surface area contributed by atoms with E-state index in [-0.39, 0.29) is 36.3 Å². The van der Waals surface area contributed by atoms with Gasteiger partial charge in [-0.3, -0.25) is 19.7 Å². The number of rotatable bonds is 11. The molecule has 232 valence electrons. The zero-order chi connectivity index (χ0) is 31.6. The van der Waals surface area contributed by atoms with Gasteiger partial charge in [0, 0.05) is 43.7 Å². The first-order valence-corrected chi connectivity index (χ1v) is 15.1. The Labute approximate surface area is 262 Å². The summed E-state index contributed by atoms with van der Waals surface area (Å²) in [4.78, 5) is 46.1. The molecule has 0 saturated carbocycles. The highest BCUT2D eigenvalue weighted by molar-refractivity contribution is 6.30. The van der Waals surface area contributed by atoms with Crippen LogP contribution in [0.5, 0.6) is 0 Å². The molecule has 0 bridgehead atoms. The molecule has 1 aliphatic heterocycles. The van der Waals surface area contributed by atoms with E-state index in [1.165, 1.54) is 6.08 Å². The first kappa shape index (κ1) is 32.5. The topological polar surface area (TPSA) is 155 Å². The zero-order valence-electron chi connectivity index (χ0n) is 25.0. The molecule has 4 rings (SSSR count). The number of hydrogen-bond donors (Lipinski definition) is 5. The molecule has 3 aromatic rings. The fourth-order valence-corrected chi connectivity index (χ4v) is 5.59. The minimum atomic E-state index is -0.806. The predicted molar refractivity (Wildman–Crippen MR) is 176 cm³/mol. The van der Waals surface area contributed by atoms with Gasteiger partial charge >= 0.3 is 0 Å². The number of guanidine groups is 1. The van der Waals surface area contributed by atoms with E-state index in [2.05, 4.69) is 20.9 Å². The molecule has 11 heteroatoms. The van der Waals surface area contributed by atoms with Crippen molar-refractivity contribution >= 4 is 52.1 Å². The molecule has 3 amide bonds. The van der Waals surface area contributed by atoms with Crippen LogP contribution in [0.3, 0.4) is 0 Å². The molecule has 7 N–H and O–H groups in total. The smallest absolute Gasteiger partial charge is 0.244 e. The van der Waals surface area contributed by atoms with Crippen LogP contribution in [0, 0.1) is 0 Å². The third-order valence-corrected chi connectivity index (χ3v) is 8.04. The normalized spacial score (nSPS) is 18.4. The first-order chi connectivity index (χ1) is 21.2. The summed E-state index contributed by atoms with van der Waals surface area (Å²) in [5.41, 5.74) is 13.2. The highest BCUT2D eigenvalue weighted by Gasteiger charge is 2.40. The molecule has 0 aromatic heterocycles. The first-order valence-electron chi connectivity index (χ1n) is 14.7. The average molecular weight is 618 g/mol. The maximum Gasteiger partial charge on any atom is 0.244 e. The fraction of sp³-hybridized carbons (Fsp3) is 0.333. The van der Waals surface area contributed by atoms with Crippen molar-refractivity contribution in [3.8, 4) is 0 Å². The second-order valence-electron chi connectivity index (χ2n) is 10.8. The van der Waals surface area contributed by atoms with Gasteiger partial charge in [0.1, 0.15) is 12.1 Å². The number of aliphatic imine (C=N–C) groups is 1. The number of hydrogen-bond acceptors (Lipinski definition) is 5. The van der Waals surface area contributed by atoms with E-state index in [0.717, 1.165) is 21.9 Å². The molecule has 4 atom stereocenters. The van der Waals surface area contributed by atoms with Crippen molar-refractivity contribution in [3.05, 3.63) is 89.0 Å². The number of carbonyl (C=O) groups is 3. The van der Waals surface area contributed by atoms with E-state index in [4.69, 9.17) is 23.1 Å². The summed E-state index contributed by atoms with van der Waals surface area (Å²) < 4.78 is 0. The highest BCUT2D eigenvalue weighted by Crippen LogP contribution is 2.22. The van der Waals surface area contributed by atoms with Gasteiger partial charge in [-0.15, -0.1) is 0 Å². The molecule has 10 nitrogen and oxygen atoms in total. The summed E-state index contributed by atoms with van der Waals surface area (Å²) in [5.74, 6) is -0.938. The Kier molecular flexibility index (Phi) is 11.3. The number of nitrogens with zero attached hydrogens (tertiary/aromatic N) is 2. The predicted octanol–water partition coefficient (Wildman–Crippen LogP) is 2.59. The van der Waals surface area contributed by atoms with Gasteiger partial charge in [-0.25, -0.2) is 4.99 Å². The molecule has 3 aromatic carbocycles. The summed E-state index contributed by atoms with van der Waals surface area (Å²) >= 11 is 5.94. The van der Waals surface area contributed by atoms with E-state index >= 15 is 0 Å². The molecule has 1 aliphatic rings. The lowest BCUT2D eigenvalue weighted by molar-refractivity contribution is -0.141. The van der Waals surface area contributed by atoms with Crippen molar-refractivity contribution in [2.24, 2.45) is 16.5 Å². The van der Waals surface area contributed by atoms with Gasteiger partial charge < -0.3 is 27.0 Å². The summed E-state index contributed by atoms with van der Waals surface area (Å²) in [7, 11) is 1.57. The number of carbonyl (C=O) groups excluding carboxylic acids is 3. The quantitative estimate of drug-likeness (QED) is 0.127. The minimum absolute atomic E-state index is 0.126. The van der Waals surface area contributed by atoms with E-state index in [1.807, 2.05) is 61.5 Å². The number of amides is 3. The average Bonchev–Trinajstić information content (AvgIpc) is 3.19. The summed E-state index contributed by atoms with van der Waals surface area (Å²) in [6.07, 6.45) is 4.46. The Morgan fingerprint density at radius 2 is 1.84 bits per heavy atom. The van der Waals surface area contributed by atoms with Crippen LogP contribution in [0.25, 0.3) is 16.8 Å². The largest absolute Gasteiger partial charge is 0.370 e. The highest BCUT2D eigenvalue weighted by atomic mass is 35.5. The zero-order valence-corrected chi connectivity index (χ0v) is 25.8. The standard InChI is InChI=1S/C33H40ClN7O3/c1-3-27(40-33(35)36)30-32(44)41(28(31(43)37-2)19-22-8-12-23-6-4-5-7-24(23)18-22)17-16-26(39-30)20-38-29(42)15-11-21-9-13-25(34)14-10-21/h4-15,18,26-28,30,39H,3,16-17,19-20H2,1-2H3,(H,37,43)(H,38,42)(H4,35,36,40)/b15-11+/t26-,27?,28+,30+/m1/s1. The van der Waals surface area contributed by atoms with Crippen LogP contribution in [-0.4, -0.2) is 72.9 Å². The van der Waals surface area contributed by atoms with Gasteiger partial charge in [0.25, 0.3) is 0 Å². The van der Waals surface area contributed by atoms with Gasteiger partial charge in [0.05, 0.1) is 6.04 Å². The van der Waals surface area contributed by atoms with Crippen LogP contribution in [0.4, 0.5) is 0 Å². The summed E-state index contributed by atoms with van der Waals surface area (Å²) in [6, 6.07) is 18.8. The van der Waals surface area contributed by atoms with E-state index in [0.29, 0.717) is 30.8 Å². The summed E-state index contributed by atoms with van der Waals surface area (Å²) in [6.45, 7) is 2.45. The SMILES string of the molecule is CCC(N=C(N)N)[C@@H]1N[C@@H](CNC(=O)/C=C/c2ccc(Cl)cc2)CCN([C@@H](Cc2ccc3ccccc3c2)C(=O)NC)C1=O. The molecule has 0 radical (unpaired) electrons. The van der Waals surface area contributed by atoms with Crippen molar-refractivity contribution in [3.63, 3.8) is 0 Å². The molecule has 1 fully saturated rings. The van der Waals surface area contributed by atoms with Crippen molar-refractivity contribution in [1.29, 1.82) is 0 Å². The summed E-state index contributed by atoms with van der Waals surface area (Å²) in [5, 5.41) is 11.8. The third-order valence-electron chi connectivity index (χ3n) is 7.79. The van der Waals surface area contributed by atoms with E-state index < -0.39 is 18.1 Å². The van der Waals surface area contributed by atoms with E-state index in [9.17, 15) is 14.4 Å². The minimum Gasteiger partial charge on any atom is -0.370 e. The molecule has 0 aliphatic carbocycles. The molecule has 0 spiro atoms. The van der Waals surface area contributed by atoms with Crippen LogP contribution in [0.1, 0.15) is 30.9 Å². The van der Waals surface area contributed by atoms with E-state index in [1.54, 1.807) is 30.2 Å². The van der Waals surface area contributed by atoms with Crippen LogP contribution in [-0.2, 0) is 20.8 Å². The van der Waals surface area contributed by atoms with Crippen LogP contribution in [0.2, 0.25) is 5.02 Å². The fourth-order valence-electron chi connectivity index (χ4n) is 5.46. The molecule has 1 saturated heterocycles. The van der Waals surface area contributed by atoms with Gasteiger partial charge in [-0.2, -0.15) is 0 Å². The lowest BCUT2D eigenvalue weighted by Gasteiger charge is -2.33. The second kappa shape index (κ2) is 15.4. The van der Waals surface area contributed by atoms with Gasteiger partial charge in [-0.1, -0.05) is 73.1 Å². The Bertz CT molecular complexity index is 1520. The van der Waals surface area contributed by atoms with Crippen LogP contribution < -0.4 is 27.4 Å². The van der Waals surface area contributed by atoms with Gasteiger partial charge in [-0.05, 0) is 52.9 Å². The molecular weight excluding hydrogens is 578 g/mol. The maximum atomic E-state index is 14.2. The van der Waals surface area contributed by atoms with Gasteiger partial charge in [0.15, 0.2) is 5.96 Å².